The lowest BCUT2D eigenvalue weighted by atomic mass is 9.83. The van der Waals surface area contributed by atoms with Crippen LogP contribution in [0.25, 0.3) is 0 Å². The summed E-state index contributed by atoms with van der Waals surface area (Å²) in [7, 11) is 0. The fourth-order valence-electron chi connectivity index (χ4n) is 4.38. The number of aryl methyl sites for hydroxylation is 1. The number of fused-ring (bicyclic) bond motifs is 2. The maximum atomic E-state index is 6.17. The molecule has 0 unspecified atom stereocenters. The van der Waals surface area contributed by atoms with E-state index in [1.54, 1.807) is 0 Å². The van der Waals surface area contributed by atoms with E-state index in [-0.39, 0.29) is 0 Å². The molecule has 1 radical (unpaired) electrons. The first-order chi connectivity index (χ1) is 12.3. The minimum atomic E-state index is 0.616. The number of rotatable bonds is 1. The van der Waals surface area contributed by atoms with Crippen LogP contribution in [0.4, 0.5) is 11.4 Å². The Bertz CT molecular complexity index is 727. The van der Waals surface area contributed by atoms with Crippen molar-refractivity contribution in [2.24, 2.45) is 0 Å². The Labute approximate surface area is 151 Å². The first kappa shape index (κ1) is 16.5. The van der Waals surface area contributed by atoms with Crippen LogP contribution in [0.2, 0.25) is 0 Å². The van der Waals surface area contributed by atoms with Crippen molar-refractivity contribution < 1.29 is 4.74 Å². The third-order valence-corrected chi connectivity index (χ3v) is 5.73. The first-order valence-corrected chi connectivity index (χ1v) is 9.95. The molecule has 1 aliphatic carbocycles. The van der Waals surface area contributed by atoms with Crippen molar-refractivity contribution in [3.05, 3.63) is 47.5 Å². The number of nitrogens with zero attached hydrogens (tertiary/aromatic N) is 1. The van der Waals surface area contributed by atoms with E-state index < -0.39 is 0 Å². The third-order valence-electron chi connectivity index (χ3n) is 5.73. The van der Waals surface area contributed by atoms with E-state index in [1.165, 1.54) is 68.9 Å². The quantitative estimate of drug-likeness (QED) is 0.458. The van der Waals surface area contributed by atoms with Gasteiger partial charge in [-0.3, -0.25) is 0 Å². The van der Waals surface area contributed by atoms with Crippen molar-refractivity contribution in [1.82, 2.24) is 5.32 Å². The molecule has 2 nitrogen and oxygen atoms in total. The van der Waals surface area contributed by atoms with Gasteiger partial charge in [-0.25, -0.2) is 5.32 Å². The van der Waals surface area contributed by atoms with Gasteiger partial charge in [0.2, 0.25) is 0 Å². The largest absolute Gasteiger partial charge is 0.453 e. The molecule has 1 heterocycles. The summed E-state index contributed by atoms with van der Waals surface area (Å²) in [6, 6.07) is 12.4. The smallest absolute Gasteiger partial charge is 0.153 e. The van der Waals surface area contributed by atoms with Crippen LogP contribution in [-0.4, -0.2) is 0 Å². The molecule has 131 valence electrons. The van der Waals surface area contributed by atoms with E-state index in [0.29, 0.717) is 5.92 Å². The number of hydrogen-bond donors (Lipinski definition) is 0. The zero-order valence-electron chi connectivity index (χ0n) is 15.3. The van der Waals surface area contributed by atoms with Gasteiger partial charge in [0.1, 0.15) is 11.4 Å². The third kappa shape index (κ3) is 3.53. The highest BCUT2D eigenvalue weighted by atomic mass is 16.5. The lowest BCUT2D eigenvalue weighted by molar-refractivity contribution is 0.451. The van der Waals surface area contributed by atoms with Gasteiger partial charge in [-0.15, -0.1) is 0 Å². The van der Waals surface area contributed by atoms with Gasteiger partial charge in [0, 0.05) is 0 Å². The van der Waals surface area contributed by atoms with Crippen LogP contribution in [0.5, 0.6) is 11.5 Å². The molecule has 0 N–H and O–H groups in total. The van der Waals surface area contributed by atoms with Crippen LogP contribution in [0.1, 0.15) is 74.8 Å². The molecule has 4 rings (SSSR count). The summed E-state index contributed by atoms with van der Waals surface area (Å²) in [5.41, 5.74) is 4.85. The van der Waals surface area contributed by atoms with E-state index in [9.17, 15) is 0 Å². The Kier molecular flexibility index (Phi) is 4.96. The van der Waals surface area contributed by atoms with Gasteiger partial charge in [0.15, 0.2) is 11.5 Å². The van der Waals surface area contributed by atoms with Crippen LogP contribution >= 0.6 is 0 Å². The summed E-state index contributed by atoms with van der Waals surface area (Å²) in [6.45, 7) is 2.24. The van der Waals surface area contributed by atoms with Crippen molar-refractivity contribution in [3.63, 3.8) is 0 Å². The van der Waals surface area contributed by atoms with Gasteiger partial charge in [-0.1, -0.05) is 63.1 Å². The van der Waals surface area contributed by atoms with Gasteiger partial charge in [0.25, 0.3) is 0 Å². The molecular formula is C23H28NO. The van der Waals surface area contributed by atoms with Crippen LogP contribution in [0, 0.1) is 6.92 Å². The molecule has 0 bridgehead atoms. The zero-order valence-corrected chi connectivity index (χ0v) is 15.3. The van der Waals surface area contributed by atoms with Crippen molar-refractivity contribution >= 4 is 11.4 Å². The molecular weight excluding hydrogens is 306 g/mol. The summed E-state index contributed by atoms with van der Waals surface area (Å²) in [4.78, 5) is 0. The summed E-state index contributed by atoms with van der Waals surface area (Å²) in [5, 5.41) is 5.02. The normalized spacial score (nSPS) is 18.4. The van der Waals surface area contributed by atoms with Crippen molar-refractivity contribution in [2.45, 2.75) is 70.6 Å². The molecule has 25 heavy (non-hydrogen) atoms. The van der Waals surface area contributed by atoms with Gasteiger partial charge in [-0.05, 0) is 55.0 Å². The summed E-state index contributed by atoms with van der Waals surface area (Å²) in [5.74, 6) is 2.41. The van der Waals surface area contributed by atoms with Crippen LogP contribution in [0.15, 0.2) is 36.4 Å². The fraction of sp³-hybridized carbons (Fsp3) is 0.478. The number of ether oxygens (including phenoxy) is 1. The average molecular weight is 334 g/mol. The van der Waals surface area contributed by atoms with E-state index in [2.05, 4.69) is 25.1 Å². The van der Waals surface area contributed by atoms with Crippen molar-refractivity contribution in [3.8, 4) is 11.5 Å². The van der Waals surface area contributed by atoms with E-state index in [4.69, 9.17) is 10.1 Å². The molecule has 0 atom stereocenters. The second kappa shape index (κ2) is 7.51. The summed E-state index contributed by atoms with van der Waals surface area (Å²) in [6.07, 6.45) is 12.2. The van der Waals surface area contributed by atoms with Crippen LogP contribution in [-0.2, 0) is 0 Å². The molecule has 2 heteroatoms. The maximum absolute atomic E-state index is 6.17. The predicted molar refractivity (Wildman–Crippen MR) is 103 cm³/mol. The van der Waals surface area contributed by atoms with Crippen molar-refractivity contribution in [2.75, 3.05) is 0 Å². The Morgan fingerprint density at radius 3 is 2.24 bits per heavy atom. The number of benzene rings is 2. The Hall–Kier alpha value is -1.96. The number of para-hydroxylation sites is 2. The molecule has 1 fully saturated rings. The SMILES string of the molecule is Cc1ccc2c(c1C1CCCCCCCCC1)[N]c1ccccc1O2. The highest BCUT2D eigenvalue weighted by Crippen LogP contribution is 2.48. The van der Waals surface area contributed by atoms with E-state index in [1.807, 2.05) is 18.2 Å². The lowest BCUT2D eigenvalue weighted by Crippen LogP contribution is -2.10. The molecule has 0 aromatic heterocycles. The topological polar surface area (TPSA) is 23.3 Å². The molecule has 1 saturated carbocycles. The first-order valence-electron chi connectivity index (χ1n) is 9.95. The monoisotopic (exact) mass is 334 g/mol. The molecule has 0 spiro atoms. The minimum absolute atomic E-state index is 0.616. The molecule has 0 amide bonds. The minimum Gasteiger partial charge on any atom is -0.453 e. The van der Waals surface area contributed by atoms with E-state index >= 15 is 0 Å². The molecule has 1 aliphatic heterocycles. The molecule has 2 aliphatic rings. The fourth-order valence-corrected chi connectivity index (χ4v) is 4.38. The van der Waals surface area contributed by atoms with Gasteiger partial charge < -0.3 is 4.74 Å². The Balaban J connectivity index is 1.67. The second-order valence-corrected chi connectivity index (χ2v) is 7.57. The van der Waals surface area contributed by atoms with E-state index in [0.717, 1.165) is 22.9 Å². The highest BCUT2D eigenvalue weighted by Gasteiger charge is 2.26. The van der Waals surface area contributed by atoms with Crippen LogP contribution < -0.4 is 10.1 Å². The van der Waals surface area contributed by atoms with Crippen molar-refractivity contribution in [1.29, 1.82) is 0 Å². The van der Waals surface area contributed by atoms with Gasteiger partial charge in [0.05, 0.1) is 0 Å². The zero-order chi connectivity index (χ0) is 17.1. The van der Waals surface area contributed by atoms with Crippen LogP contribution in [0.3, 0.4) is 0 Å². The summed E-state index contributed by atoms with van der Waals surface area (Å²) >= 11 is 0. The average Bonchev–Trinajstić information content (AvgIpc) is 2.65. The highest BCUT2D eigenvalue weighted by molar-refractivity contribution is 5.72. The Morgan fingerprint density at radius 2 is 1.48 bits per heavy atom. The molecule has 0 saturated heterocycles. The van der Waals surface area contributed by atoms with Gasteiger partial charge >= 0.3 is 0 Å². The lowest BCUT2D eigenvalue weighted by Gasteiger charge is -2.28. The van der Waals surface area contributed by atoms with Gasteiger partial charge in [-0.2, -0.15) is 0 Å². The summed E-state index contributed by atoms with van der Waals surface area (Å²) < 4.78 is 6.17. The Morgan fingerprint density at radius 1 is 0.800 bits per heavy atom. The molecule has 2 aromatic rings. The number of hydrogen-bond acceptors (Lipinski definition) is 1. The standard InChI is InChI=1S/C23H28NO/c1-17-15-16-21-23(24-19-13-9-10-14-20(19)25-21)22(17)18-11-7-5-3-2-4-6-8-12-18/h9-10,13-16,18H,2-8,11-12H2,1H3. The molecule has 2 aromatic carbocycles. The maximum Gasteiger partial charge on any atom is 0.153 e. The predicted octanol–water partition coefficient (Wildman–Crippen LogP) is 7.28. The second-order valence-electron chi connectivity index (χ2n) is 7.57.